The minimum absolute atomic E-state index is 0.00114. The van der Waals surface area contributed by atoms with E-state index >= 15 is 0 Å². The number of nitrogens with two attached hydrogens (primary N) is 1. The van der Waals surface area contributed by atoms with Crippen molar-refractivity contribution in [2.24, 2.45) is 5.14 Å². The monoisotopic (exact) mass is 1440 g/mol. The first-order valence-corrected chi connectivity index (χ1v) is 38.7. The van der Waals surface area contributed by atoms with Crippen molar-refractivity contribution in [3.05, 3.63) is 143 Å². The highest BCUT2D eigenvalue weighted by atomic mass is 32.3. The molecule has 2 amide bonds. The van der Waals surface area contributed by atoms with E-state index < -0.39 is 124 Å². The average molecular weight is 1440 g/mol. The summed E-state index contributed by atoms with van der Waals surface area (Å²) in [6.07, 6.45) is 6.69. The van der Waals surface area contributed by atoms with Crippen molar-refractivity contribution >= 4 is 148 Å². The van der Waals surface area contributed by atoms with Gasteiger partial charge in [-0.1, -0.05) is 32.1 Å². The number of carbonyl (C=O) groups excluding carboxylic acids is 2. The first-order chi connectivity index (χ1) is 42.8. The fraction of sp³-hybridized carbons (Fsp3) is 0.268. The number of nitrogens with one attached hydrogen (secondary N) is 2. The van der Waals surface area contributed by atoms with Crippen LogP contribution in [0.1, 0.15) is 79.7 Å². The van der Waals surface area contributed by atoms with Crippen molar-refractivity contribution in [3.8, 4) is 0 Å². The average Bonchev–Trinajstić information content (AvgIpc) is 1.61. The number of fused-ring (bicyclic) bond motifs is 7. The van der Waals surface area contributed by atoms with E-state index in [2.05, 4.69) is 20.6 Å². The van der Waals surface area contributed by atoms with Gasteiger partial charge in [0.15, 0.2) is 5.71 Å². The maximum atomic E-state index is 13.6. The number of nitrogens with zero attached hydrogens (tertiary/aromatic N) is 4. The van der Waals surface area contributed by atoms with E-state index in [0.717, 1.165) is 23.5 Å². The molecule has 4 heterocycles. The maximum Gasteiger partial charge on any atom is 0.295 e. The molecule has 9 rings (SSSR count). The van der Waals surface area contributed by atoms with E-state index in [1.54, 1.807) is 67.5 Å². The summed E-state index contributed by atoms with van der Waals surface area (Å²) < 4.78 is 237. The highest BCUT2D eigenvalue weighted by Crippen LogP contribution is 2.52. The van der Waals surface area contributed by atoms with Gasteiger partial charge in [0, 0.05) is 89.5 Å². The van der Waals surface area contributed by atoms with Gasteiger partial charge in [-0.3, -0.25) is 41.9 Å². The Morgan fingerprint density at radius 2 is 1.26 bits per heavy atom. The summed E-state index contributed by atoms with van der Waals surface area (Å²) >= 11 is 0.886. The number of hydrogen-bond donors (Lipinski definition) is 9. The molecule has 2 aromatic heterocycles. The van der Waals surface area contributed by atoms with Crippen molar-refractivity contribution in [1.82, 2.24) is 20.6 Å². The number of amides is 2. The molecular formula is C56H58N7O22S8+. The third kappa shape index (κ3) is 15.3. The van der Waals surface area contributed by atoms with Crippen molar-refractivity contribution in [3.63, 3.8) is 0 Å². The van der Waals surface area contributed by atoms with E-state index in [1.165, 1.54) is 54.7 Å². The van der Waals surface area contributed by atoms with Gasteiger partial charge in [-0.15, -0.1) is 11.3 Å². The number of thiazole rings is 1. The number of hydrogen-bond acceptors (Lipinski definition) is 20. The normalized spacial score (nSPS) is 16.1. The number of pyridine rings is 1. The van der Waals surface area contributed by atoms with Crippen molar-refractivity contribution in [2.75, 3.05) is 36.0 Å². The van der Waals surface area contributed by atoms with Gasteiger partial charge in [0.05, 0.1) is 48.2 Å². The van der Waals surface area contributed by atoms with Crippen LogP contribution in [0.3, 0.4) is 0 Å². The van der Waals surface area contributed by atoms with E-state index in [0.29, 0.717) is 39.3 Å². The third-order valence-corrected chi connectivity index (χ3v) is 22.9. The zero-order valence-electron chi connectivity index (χ0n) is 49.1. The van der Waals surface area contributed by atoms with Crippen LogP contribution in [-0.4, -0.2) is 149 Å². The molecule has 0 aliphatic carbocycles. The molecule has 496 valence electrons. The summed E-state index contributed by atoms with van der Waals surface area (Å²) in [4.78, 5) is 33.2. The van der Waals surface area contributed by atoms with Crippen LogP contribution >= 0.6 is 11.3 Å². The lowest BCUT2D eigenvalue weighted by atomic mass is 9.79. The first kappa shape index (κ1) is 70.0. The van der Waals surface area contributed by atoms with E-state index in [4.69, 9.17) is 5.14 Å². The zero-order chi connectivity index (χ0) is 68.6. The molecule has 5 aromatic carbocycles. The Morgan fingerprint density at radius 1 is 0.667 bits per heavy atom. The van der Waals surface area contributed by atoms with Gasteiger partial charge >= 0.3 is 0 Å². The van der Waals surface area contributed by atoms with Crippen molar-refractivity contribution in [2.45, 2.75) is 88.3 Å². The summed E-state index contributed by atoms with van der Waals surface area (Å²) in [6.45, 7) is 6.11. The Labute approximate surface area is 538 Å². The van der Waals surface area contributed by atoms with Gasteiger partial charge < -0.3 is 15.5 Å². The predicted molar refractivity (Wildman–Crippen MR) is 342 cm³/mol. The standard InChI is InChI=1S/C56H57N7O22S8/c1-55(2)48(62(21-5-23-87(66,67)68)43-14-11-37-39(51(43)55)26-35(90(74,75)76)28-46(37)92(80,81)82)17-9-33(41-13-8-34(31-59-41)53(65)58-20-19-50(64)60-30-32-7-16-45-42(25-32)61-54(86-45)89(57,72)73)10-18-49-56(3,4)52-40-27-36(91(77,78)79)29-47(93(83,84)85)38(40)12-15-44(52)63(49)22-6-24-88(69,70)71/h7-18,25-29,31H,5-6,19-24,30H2,1-4H3,(H9-,57,58,60,64,65,66,67,68,69,70,71,72,73,74,75,76,77,78,79,80,81,82,83,84,85)/p+1. The molecule has 0 fully saturated rings. The Balaban J connectivity index is 1.15. The third-order valence-electron chi connectivity index (χ3n) is 15.5. The van der Waals surface area contributed by atoms with Crippen LogP contribution in [0, 0.1) is 0 Å². The number of aromatic nitrogens is 2. The summed E-state index contributed by atoms with van der Waals surface area (Å²) in [5.41, 5.74) is 0.139. The molecule has 93 heavy (non-hydrogen) atoms. The van der Waals surface area contributed by atoms with Gasteiger partial charge in [0.25, 0.3) is 76.6 Å². The topological polar surface area (TPSA) is 477 Å². The fourth-order valence-electron chi connectivity index (χ4n) is 11.4. The maximum absolute atomic E-state index is 13.6. The van der Waals surface area contributed by atoms with Crippen LogP contribution in [0.25, 0.3) is 37.3 Å². The number of sulfonamides is 1. The summed E-state index contributed by atoms with van der Waals surface area (Å²) in [7, 11) is -33.8. The number of carbonyl (C=O) groups is 2. The number of benzene rings is 5. The first-order valence-electron chi connectivity index (χ1n) is 27.3. The zero-order valence-corrected chi connectivity index (χ0v) is 55.6. The molecule has 2 aliphatic heterocycles. The number of primary sulfonamides is 1. The Morgan fingerprint density at radius 3 is 1.82 bits per heavy atom. The molecule has 37 heteroatoms. The van der Waals surface area contributed by atoms with Crippen molar-refractivity contribution in [1.29, 1.82) is 0 Å². The molecule has 2 aliphatic rings. The lowest BCUT2D eigenvalue weighted by Gasteiger charge is -2.27. The van der Waals surface area contributed by atoms with Crippen molar-refractivity contribution < 1.29 is 100 Å². The van der Waals surface area contributed by atoms with Crippen LogP contribution in [0.4, 0.5) is 11.4 Å². The summed E-state index contributed by atoms with van der Waals surface area (Å²) in [5.74, 6) is -2.62. The van der Waals surface area contributed by atoms with E-state index in [-0.39, 0.29) is 111 Å². The molecular weight excluding hydrogens is 1380 g/mol. The molecule has 0 radical (unpaired) electrons. The second-order valence-corrected chi connectivity index (χ2v) is 34.2. The number of allylic oxidation sites excluding steroid dienone is 6. The Kier molecular flexibility index (Phi) is 18.9. The Hall–Kier alpha value is -7.34. The minimum atomic E-state index is -5.19. The van der Waals surface area contributed by atoms with Gasteiger partial charge in [-0.05, 0) is 115 Å². The molecule has 0 unspecified atom stereocenters. The molecule has 0 saturated heterocycles. The lowest BCUT2D eigenvalue weighted by Crippen LogP contribution is -2.30. The molecule has 10 N–H and O–H groups in total. The number of rotatable bonds is 23. The highest BCUT2D eigenvalue weighted by molar-refractivity contribution is 7.91. The molecule has 29 nitrogen and oxygen atoms in total. The smallest absolute Gasteiger partial charge is 0.295 e. The van der Waals surface area contributed by atoms with E-state index in [9.17, 15) is 95.8 Å². The van der Waals surface area contributed by atoms with Crippen LogP contribution in [0.15, 0.2) is 139 Å². The van der Waals surface area contributed by atoms with Crippen LogP contribution in [0.2, 0.25) is 0 Å². The minimum Gasteiger partial charge on any atom is -0.352 e. The molecule has 0 bridgehead atoms. The highest BCUT2D eigenvalue weighted by Gasteiger charge is 2.47. The molecule has 0 spiro atoms. The van der Waals surface area contributed by atoms with Gasteiger partial charge in [-0.25, -0.2) is 18.5 Å². The SMILES string of the molecule is CC1(C)C(/C=C/C(=C/C=C2/N(CCCS(=O)(=O)O)c3ccc4c(S(=O)(=O)O)cc(S(=O)(=O)O)cc4c3C2(C)C)c2ccc(C(=O)NCCC(=O)NCc3ccc4sc(S(N)(=O)=O)nc4c3)cn2)=[N+](CCCS(=O)(=O)O)c2ccc3c(S(=O)(=O)O)cc(S(=O)(=O)O)cc3c21. The molecule has 0 atom stereocenters. The quantitative estimate of drug-likeness (QED) is 0.0222. The number of anilines is 1. The van der Waals surface area contributed by atoms with Crippen LogP contribution < -0.4 is 20.7 Å². The van der Waals surface area contributed by atoms with Gasteiger partial charge in [0.1, 0.15) is 16.3 Å². The van der Waals surface area contributed by atoms with Gasteiger partial charge in [-0.2, -0.15) is 55.1 Å². The summed E-state index contributed by atoms with van der Waals surface area (Å²) in [6, 6.07) is 16.3. The summed E-state index contributed by atoms with van der Waals surface area (Å²) in [5, 5.41) is 10.1. The predicted octanol–water partition coefficient (Wildman–Crippen LogP) is 5.32. The Bertz CT molecular complexity index is 5320. The molecule has 0 saturated carbocycles. The van der Waals surface area contributed by atoms with Crippen LogP contribution in [-0.2, 0) is 92.9 Å². The van der Waals surface area contributed by atoms with Gasteiger partial charge in [0.2, 0.25) is 15.9 Å². The second kappa shape index (κ2) is 25.1. The largest absolute Gasteiger partial charge is 0.352 e. The fourth-order valence-corrected chi connectivity index (χ4v) is 16.7. The molecule has 7 aromatic rings. The lowest BCUT2D eigenvalue weighted by molar-refractivity contribution is -0.437. The van der Waals surface area contributed by atoms with E-state index in [1.807, 2.05) is 0 Å². The second-order valence-electron chi connectivity index (χ2n) is 22.6. The van der Waals surface area contributed by atoms with Crippen LogP contribution in [0.5, 0.6) is 0 Å².